The zero-order chi connectivity index (χ0) is 35.2. The largest absolute Gasteiger partial charge is 0.289 e. The molecular weight excluding hydrogens is 713 g/mol. The SMILES string of the molecule is O=c1cc2c3c(ccc4c5ccc6c(=O)n7c8cc(SOOO)ccc8nc7c7cc(=O)c(c1c43)c5c67)c(=O)n1c3cc(SOOO)ccc3nc21. The smallest absolute Gasteiger partial charge is 0.264 e. The second-order valence-electron chi connectivity index (χ2n) is 12.3. The van der Waals surface area contributed by atoms with Crippen LogP contribution in [0.25, 0.3) is 98.0 Å². The lowest BCUT2D eigenvalue weighted by Gasteiger charge is -2.17. The summed E-state index contributed by atoms with van der Waals surface area (Å²) in [5, 5.41) is 29.7. The molecule has 52 heavy (non-hydrogen) atoms. The standard InChI is InChI=1S/C36H14N4O10S2/c41-25-11-19-27-17(35(43)39-23-9-13(51-49-47-45)1-7-21(23)37-33(19)39)5-3-15-16-4-6-18-28-20(12-26(42)32(30(16)28)31(25)29(15)27)34-38-22-8-2-14(52-50-48-46)10-24(22)40(34)36(18)44/h1-12,45-46H. The van der Waals surface area contributed by atoms with Gasteiger partial charge in [-0.1, -0.05) is 22.2 Å². The molecule has 2 N–H and O–H groups in total. The maximum Gasteiger partial charge on any atom is 0.264 e. The highest BCUT2D eigenvalue weighted by atomic mass is 32.2. The summed E-state index contributed by atoms with van der Waals surface area (Å²) in [6.45, 7) is 0. The molecule has 0 aliphatic carbocycles. The zero-order valence-electron chi connectivity index (χ0n) is 25.7. The van der Waals surface area contributed by atoms with Crippen LogP contribution in [-0.4, -0.2) is 29.3 Å². The molecule has 0 fully saturated rings. The first kappa shape index (κ1) is 29.9. The molecule has 0 aliphatic rings. The number of hydrogen-bond acceptors (Lipinski definition) is 14. The molecule has 11 aromatic rings. The van der Waals surface area contributed by atoms with Crippen molar-refractivity contribution in [1.29, 1.82) is 0 Å². The molecule has 11 rings (SSSR count). The molecule has 4 heterocycles. The lowest BCUT2D eigenvalue weighted by atomic mass is 9.86. The van der Waals surface area contributed by atoms with Gasteiger partial charge in [-0.05, 0) is 71.4 Å². The quantitative estimate of drug-likeness (QED) is 0.0645. The number of aromatic nitrogens is 4. The molecule has 14 nitrogen and oxygen atoms in total. The molecule has 0 saturated heterocycles. The molecule has 16 heteroatoms. The first-order valence-corrected chi connectivity index (χ1v) is 16.9. The molecule has 0 atom stereocenters. The van der Waals surface area contributed by atoms with Crippen LogP contribution in [0.2, 0.25) is 0 Å². The van der Waals surface area contributed by atoms with Crippen molar-refractivity contribution in [3.8, 4) is 0 Å². The van der Waals surface area contributed by atoms with Gasteiger partial charge in [-0.25, -0.2) is 20.5 Å². The third-order valence-electron chi connectivity index (χ3n) is 9.96. The van der Waals surface area contributed by atoms with E-state index in [0.29, 0.717) is 85.7 Å². The summed E-state index contributed by atoms with van der Waals surface area (Å²) in [7, 11) is 0. The molecule has 250 valence electrons. The van der Waals surface area contributed by atoms with Gasteiger partial charge in [-0.3, -0.25) is 28.0 Å². The number of imidazole rings is 2. The van der Waals surface area contributed by atoms with Gasteiger partial charge in [0.25, 0.3) is 11.1 Å². The number of benzene rings is 7. The van der Waals surface area contributed by atoms with E-state index in [1.807, 2.05) is 0 Å². The Hall–Kier alpha value is -5.82. The number of nitrogens with zero attached hydrogens (tertiary/aromatic N) is 4. The number of rotatable bonds is 6. The van der Waals surface area contributed by atoms with Gasteiger partial charge < -0.3 is 0 Å². The van der Waals surface area contributed by atoms with E-state index < -0.39 is 10.9 Å². The number of pyridine rings is 2. The predicted octanol–water partition coefficient (Wildman–Crippen LogP) is 6.26. The van der Waals surface area contributed by atoms with E-state index in [9.17, 15) is 19.2 Å². The van der Waals surface area contributed by atoms with Crippen molar-refractivity contribution in [3.63, 3.8) is 0 Å². The van der Waals surface area contributed by atoms with Crippen LogP contribution in [0.15, 0.2) is 102 Å². The lowest BCUT2D eigenvalue weighted by molar-refractivity contribution is -0.432. The summed E-state index contributed by atoms with van der Waals surface area (Å²) in [6, 6.07) is 19.9. The first-order chi connectivity index (χ1) is 25.4. The summed E-state index contributed by atoms with van der Waals surface area (Å²) < 4.78 is 12.0. The van der Waals surface area contributed by atoms with E-state index in [-0.39, 0.29) is 33.2 Å². The molecule has 0 saturated carbocycles. The monoisotopic (exact) mass is 726 g/mol. The average molecular weight is 727 g/mol. The summed E-state index contributed by atoms with van der Waals surface area (Å²) in [5.74, 6) is 0. The Morgan fingerprint density at radius 3 is 1.33 bits per heavy atom. The Kier molecular flexibility index (Phi) is 5.96. The average Bonchev–Trinajstić information content (AvgIpc) is 3.73. The fraction of sp³-hybridized carbons (Fsp3) is 0. The number of hydrogen-bond donors (Lipinski definition) is 2. The van der Waals surface area contributed by atoms with Crippen molar-refractivity contribution >= 4 is 122 Å². The summed E-state index contributed by atoms with van der Waals surface area (Å²) in [5.41, 5.74) is 0.838. The molecule has 0 amide bonds. The summed E-state index contributed by atoms with van der Waals surface area (Å²) in [6.07, 6.45) is 0. The van der Waals surface area contributed by atoms with Crippen LogP contribution in [0.3, 0.4) is 0 Å². The third-order valence-corrected chi connectivity index (χ3v) is 11.1. The van der Waals surface area contributed by atoms with Gasteiger partial charge in [-0.2, -0.15) is 0 Å². The number of fused-ring (bicyclic) bond motifs is 10. The van der Waals surface area contributed by atoms with Gasteiger partial charge in [-0.15, -0.1) is 8.67 Å². The molecule has 7 aromatic carbocycles. The Morgan fingerprint density at radius 1 is 0.481 bits per heavy atom. The highest BCUT2D eigenvalue weighted by molar-refractivity contribution is 7.94. The molecular formula is C36H14N4O10S2. The van der Waals surface area contributed by atoms with E-state index in [1.165, 1.54) is 20.9 Å². The molecule has 0 aliphatic heterocycles. The van der Waals surface area contributed by atoms with Crippen LogP contribution in [-0.2, 0) is 18.7 Å². The summed E-state index contributed by atoms with van der Waals surface area (Å²) >= 11 is 1.48. The maximum atomic E-state index is 14.3. The Morgan fingerprint density at radius 2 is 0.904 bits per heavy atom. The Balaban J connectivity index is 1.29. The highest BCUT2D eigenvalue weighted by Gasteiger charge is 2.27. The molecule has 0 bridgehead atoms. The van der Waals surface area contributed by atoms with Crippen molar-refractivity contribution < 1.29 is 29.3 Å². The van der Waals surface area contributed by atoms with Gasteiger partial charge >= 0.3 is 0 Å². The maximum absolute atomic E-state index is 14.3. The fourth-order valence-electron chi connectivity index (χ4n) is 8.07. The Bertz CT molecular complexity index is 3380. The second kappa shape index (κ2) is 10.4. The van der Waals surface area contributed by atoms with Crippen LogP contribution < -0.4 is 22.0 Å². The van der Waals surface area contributed by atoms with Gasteiger partial charge in [0.1, 0.15) is 11.3 Å². The topological polar surface area (TPSA) is 180 Å². The minimum absolute atomic E-state index is 0.160. The Labute approximate surface area is 293 Å². The van der Waals surface area contributed by atoms with Gasteiger partial charge in [0.05, 0.1) is 46.2 Å². The van der Waals surface area contributed by atoms with Crippen LogP contribution in [0.4, 0.5) is 0 Å². The van der Waals surface area contributed by atoms with E-state index in [1.54, 1.807) is 60.7 Å². The minimum Gasteiger partial charge on any atom is -0.289 e. The molecule has 4 aromatic heterocycles. The first-order valence-electron chi connectivity index (χ1n) is 15.4. The normalized spacial score (nSPS) is 12.8. The van der Waals surface area contributed by atoms with E-state index >= 15 is 0 Å². The van der Waals surface area contributed by atoms with E-state index in [2.05, 4.69) is 18.7 Å². The van der Waals surface area contributed by atoms with Crippen LogP contribution in [0, 0.1) is 0 Å². The highest BCUT2D eigenvalue weighted by Crippen LogP contribution is 2.43. The fourth-order valence-corrected chi connectivity index (χ4v) is 8.86. The van der Waals surface area contributed by atoms with E-state index in [0.717, 1.165) is 24.1 Å². The van der Waals surface area contributed by atoms with E-state index in [4.69, 9.17) is 20.5 Å². The second-order valence-corrected chi connectivity index (χ2v) is 13.9. The summed E-state index contributed by atoms with van der Waals surface area (Å²) in [4.78, 5) is 67.7. The minimum atomic E-state index is -0.435. The van der Waals surface area contributed by atoms with Crippen LogP contribution >= 0.6 is 24.1 Å². The lowest BCUT2D eigenvalue weighted by Crippen LogP contribution is -2.17. The van der Waals surface area contributed by atoms with Crippen molar-refractivity contribution in [3.05, 3.63) is 114 Å². The van der Waals surface area contributed by atoms with Crippen molar-refractivity contribution in [1.82, 2.24) is 18.8 Å². The van der Waals surface area contributed by atoms with Gasteiger partial charge in [0.15, 0.2) is 10.9 Å². The predicted molar refractivity (Wildman–Crippen MR) is 195 cm³/mol. The van der Waals surface area contributed by atoms with Crippen LogP contribution in [0.1, 0.15) is 0 Å². The molecule has 0 spiro atoms. The van der Waals surface area contributed by atoms with Crippen LogP contribution in [0.5, 0.6) is 0 Å². The van der Waals surface area contributed by atoms with Gasteiger partial charge in [0, 0.05) is 63.7 Å². The molecule has 0 radical (unpaired) electrons. The third kappa shape index (κ3) is 3.65. The van der Waals surface area contributed by atoms with Crippen molar-refractivity contribution in [2.75, 3.05) is 0 Å². The van der Waals surface area contributed by atoms with Crippen molar-refractivity contribution in [2.45, 2.75) is 9.79 Å². The zero-order valence-corrected chi connectivity index (χ0v) is 27.3. The van der Waals surface area contributed by atoms with Gasteiger partial charge in [0.2, 0.25) is 0 Å². The molecule has 0 unspecified atom stereocenters. The van der Waals surface area contributed by atoms with Crippen molar-refractivity contribution in [2.24, 2.45) is 0 Å².